The molecule has 1 heterocycles. The first-order chi connectivity index (χ1) is 14.8. The summed E-state index contributed by atoms with van der Waals surface area (Å²) in [5.74, 6) is -1.81. The molecule has 0 saturated heterocycles. The summed E-state index contributed by atoms with van der Waals surface area (Å²) in [5, 5.41) is 17.6. The smallest absolute Gasteiger partial charge is 0.306 e. The van der Waals surface area contributed by atoms with Crippen LogP contribution in [0.1, 0.15) is 41.6 Å². The highest BCUT2D eigenvalue weighted by molar-refractivity contribution is 9.10. The van der Waals surface area contributed by atoms with Crippen LogP contribution < -0.4 is 5.32 Å². The number of carboxylic acids is 1. The number of amides is 1. The van der Waals surface area contributed by atoms with Crippen molar-refractivity contribution in [2.75, 3.05) is 0 Å². The van der Waals surface area contributed by atoms with Crippen molar-refractivity contribution < 1.29 is 19.1 Å². The number of rotatable bonds is 5. The van der Waals surface area contributed by atoms with Crippen LogP contribution in [0, 0.1) is 11.7 Å². The predicted molar refractivity (Wildman–Crippen MR) is 119 cm³/mol. The second-order valence-corrected chi connectivity index (χ2v) is 9.14. The number of carboxylic acid groups (broad SMARTS) is 1. The van der Waals surface area contributed by atoms with Crippen molar-refractivity contribution in [2.45, 2.75) is 38.3 Å². The van der Waals surface area contributed by atoms with Crippen molar-refractivity contribution in [2.24, 2.45) is 5.92 Å². The summed E-state index contributed by atoms with van der Waals surface area (Å²) in [6.45, 7) is 0.161. The zero-order chi connectivity index (χ0) is 22.1. The molecule has 1 amide bonds. The molecule has 0 radical (unpaired) electrons. The van der Waals surface area contributed by atoms with Crippen LogP contribution in [0.2, 0.25) is 5.02 Å². The maximum Gasteiger partial charge on any atom is 0.306 e. The Morgan fingerprint density at radius 1 is 1.23 bits per heavy atom. The van der Waals surface area contributed by atoms with Gasteiger partial charge in [0.15, 0.2) is 0 Å². The monoisotopic (exact) mass is 507 g/mol. The number of hydrogen-bond donors (Lipinski definition) is 2. The van der Waals surface area contributed by atoms with E-state index in [0.29, 0.717) is 57.2 Å². The number of aromatic nitrogens is 2. The summed E-state index contributed by atoms with van der Waals surface area (Å²) in [7, 11) is 0. The van der Waals surface area contributed by atoms with Gasteiger partial charge in [0.1, 0.15) is 5.82 Å². The van der Waals surface area contributed by atoms with Crippen LogP contribution in [0.3, 0.4) is 0 Å². The van der Waals surface area contributed by atoms with Crippen molar-refractivity contribution in [3.05, 3.63) is 63.0 Å². The zero-order valence-corrected chi connectivity index (χ0v) is 18.8. The van der Waals surface area contributed by atoms with E-state index in [1.807, 2.05) is 0 Å². The molecule has 162 valence electrons. The highest BCUT2D eigenvalue weighted by atomic mass is 79.9. The minimum Gasteiger partial charge on any atom is -0.481 e. The van der Waals surface area contributed by atoms with Crippen LogP contribution in [0.25, 0.3) is 10.9 Å². The lowest BCUT2D eigenvalue weighted by Gasteiger charge is -2.27. The molecule has 1 aliphatic rings. The molecule has 2 N–H and O–H groups in total. The summed E-state index contributed by atoms with van der Waals surface area (Å²) in [5.41, 5.74) is 1.38. The van der Waals surface area contributed by atoms with Gasteiger partial charge in [-0.1, -0.05) is 33.6 Å². The Kier molecular flexibility index (Phi) is 6.29. The lowest BCUT2D eigenvalue weighted by atomic mass is 9.86. The molecule has 31 heavy (non-hydrogen) atoms. The van der Waals surface area contributed by atoms with E-state index >= 15 is 0 Å². The topological polar surface area (TPSA) is 84.2 Å². The zero-order valence-electron chi connectivity index (χ0n) is 16.4. The van der Waals surface area contributed by atoms with Gasteiger partial charge >= 0.3 is 5.97 Å². The molecule has 0 unspecified atom stereocenters. The van der Waals surface area contributed by atoms with Crippen molar-refractivity contribution in [3.63, 3.8) is 0 Å². The predicted octanol–water partition coefficient (Wildman–Crippen LogP) is 5.01. The van der Waals surface area contributed by atoms with E-state index in [9.17, 15) is 14.0 Å². The third-order valence-electron chi connectivity index (χ3n) is 5.69. The van der Waals surface area contributed by atoms with Gasteiger partial charge < -0.3 is 10.4 Å². The first-order valence-electron chi connectivity index (χ1n) is 9.94. The quantitative estimate of drug-likeness (QED) is 0.507. The number of carbonyl (C=O) groups excluding carboxylic acids is 1. The second kappa shape index (κ2) is 8.96. The van der Waals surface area contributed by atoms with Crippen molar-refractivity contribution in [1.82, 2.24) is 15.1 Å². The van der Waals surface area contributed by atoms with E-state index in [-0.39, 0.29) is 30.2 Å². The van der Waals surface area contributed by atoms with Gasteiger partial charge in [0.2, 0.25) is 0 Å². The molecular formula is C22H20BrClFN3O3. The summed E-state index contributed by atoms with van der Waals surface area (Å²) < 4.78 is 16.6. The number of halogens is 3. The third kappa shape index (κ3) is 4.75. The summed E-state index contributed by atoms with van der Waals surface area (Å²) in [4.78, 5) is 24.2. The van der Waals surface area contributed by atoms with Crippen molar-refractivity contribution >= 4 is 50.3 Å². The van der Waals surface area contributed by atoms with Gasteiger partial charge in [-0.3, -0.25) is 14.3 Å². The largest absolute Gasteiger partial charge is 0.481 e. The van der Waals surface area contributed by atoms with Gasteiger partial charge in [0, 0.05) is 26.5 Å². The fraction of sp³-hybridized carbons (Fsp3) is 0.318. The van der Waals surface area contributed by atoms with Gasteiger partial charge in [-0.25, -0.2) is 4.39 Å². The molecule has 6 nitrogen and oxygen atoms in total. The van der Waals surface area contributed by atoms with Crippen LogP contribution in [-0.2, 0) is 11.3 Å². The molecule has 0 bridgehead atoms. The van der Waals surface area contributed by atoms with Crippen molar-refractivity contribution in [1.29, 1.82) is 0 Å². The van der Waals surface area contributed by atoms with Gasteiger partial charge in [0.25, 0.3) is 5.91 Å². The number of nitrogens with zero attached hydrogens (tertiary/aromatic N) is 2. The minimum absolute atomic E-state index is 0.0996. The summed E-state index contributed by atoms with van der Waals surface area (Å²) >= 11 is 9.48. The minimum atomic E-state index is -0.787. The van der Waals surface area contributed by atoms with Crippen LogP contribution >= 0.6 is 27.5 Å². The van der Waals surface area contributed by atoms with Crippen LogP contribution in [0.15, 0.2) is 41.0 Å². The Bertz CT molecular complexity index is 1160. The maximum atomic E-state index is 14.3. The van der Waals surface area contributed by atoms with E-state index in [2.05, 4.69) is 26.3 Å². The Morgan fingerprint density at radius 3 is 2.65 bits per heavy atom. The first-order valence-corrected chi connectivity index (χ1v) is 11.1. The average molecular weight is 509 g/mol. The molecule has 2 aromatic carbocycles. The third-order valence-corrected chi connectivity index (χ3v) is 6.40. The lowest BCUT2D eigenvalue weighted by molar-refractivity contribution is -0.142. The number of benzene rings is 2. The van der Waals surface area contributed by atoms with E-state index in [1.54, 1.807) is 35.1 Å². The molecule has 3 aromatic rings. The number of nitrogens with one attached hydrogen (secondary N) is 1. The van der Waals surface area contributed by atoms with Crippen LogP contribution in [0.4, 0.5) is 4.39 Å². The van der Waals surface area contributed by atoms with E-state index in [1.165, 1.54) is 6.07 Å². The van der Waals surface area contributed by atoms with E-state index < -0.39 is 5.97 Å². The summed E-state index contributed by atoms with van der Waals surface area (Å²) in [6.07, 6.45) is 3.89. The second-order valence-electron chi connectivity index (χ2n) is 7.79. The number of fused-ring (bicyclic) bond motifs is 1. The van der Waals surface area contributed by atoms with Crippen LogP contribution in [-0.4, -0.2) is 32.8 Å². The normalized spacial score (nSPS) is 18.8. The van der Waals surface area contributed by atoms with E-state index in [4.69, 9.17) is 16.7 Å². The van der Waals surface area contributed by atoms with Gasteiger partial charge in [-0.05, 0) is 49.9 Å². The Hall–Kier alpha value is -2.45. The molecule has 4 rings (SSSR count). The molecule has 0 spiro atoms. The highest BCUT2D eigenvalue weighted by Gasteiger charge is 2.27. The SMILES string of the molecule is O=C(NC1CCC(C(=O)O)CC1)c1cc(Cl)cc2cnn(Cc3ccc(Br)cc3F)c12. The number of aliphatic carboxylic acids is 1. The Labute approximate surface area is 191 Å². The van der Waals surface area contributed by atoms with Gasteiger partial charge in [-0.2, -0.15) is 5.10 Å². The van der Waals surface area contributed by atoms with E-state index in [0.717, 1.165) is 0 Å². The highest BCUT2D eigenvalue weighted by Crippen LogP contribution is 2.28. The molecule has 0 aliphatic heterocycles. The fourth-order valence-electron chi connectivity index (χ4n) is 4.05. The molecule has 1 fully saturated rings. The molecule has 1 aliphatic carbocycles. The number of hydrogen-bond acceptors (Lipinski definition) is 3. The van der Waals surface area contributed by atoms with Gasteiger partial charge in [-0.15, -0.1) is 0 Å². The number of carbonyl (C=O) groups is 2. The Balaban J connectivity index is 1.60. The molecule has 1 saturated carbocycles. The standard InChI is InChI=1S/C22H20BrClFN3O3/c23-15-4-1-13(19(25)8-15)11-28-20-14(10-26-28)7-16(24)9-18(20)21(29)27-17-5-2-12(3-6-17)22(30)31/h1,4,7-10,12,17H,2-3,5-6,11H2,(H,27,29)(H,30,31). The van der Waals surface area contributed by atoms with Gasteiger partial charge in [0.05, 0.1) is 29.7 Å². The summed E-state index contributed by atoms with van der Waals surface area (Å²) in [6, 6.07) is 8.01. The molecule has 9 heteroatoms. The Morgan fingerprint density at radius 2 is 1.97 bits per heavy atom. The molecular weight excluding hydrogens is 489 g/mol. The fourth-order valence-corrected chi connectivity index (χ4v) is 4.61. The lowest BCUT2D eigenvalue weighted by Crippen LogP contribution is -2.38. The average Bonchev–Trinajstić information content (AvgIpc) is 3.12. The first kappa shape index (κ1) is 21.8. The molecule has 1 aromatic heterocycles. The van der Waals surface area contributed by atoms with Crippen LogP contribution in [0.5, 0.6) is 0 Å². The molecule has 0 atom stereocenters. The van der Waals surface area contributed by atoms with Crippen molar-refractivity contribution in [3.8, 4) is 0 Å². The maximum absolute atomic E-state index is 14.3.